The van der Waals surface area contributed by atoms with Crippen LogP contribution in [0.15, 0.2) is 22.7 Å². The molecular formula is C11H13BrF3NO2S. The van der Waals surface area contributed by atoms with E-state index in [9.17, 15) is 21.6 Å². The van der Waals surface area contributed by atoms with E-state index in [-0.39, 0.29) is 23.7 Å². The quantitative estimate of drug-likeness (QED) is 0.877. The summed E-state index contributed by atoms with van der Waals surface area (Å²) in [5.41, 5.74) is -0.558. The van der Waals surface area contributed by atoms with E-state index < -0.39 is 21.6 Å². The molecule has 0 spiro atoms. The Morgan fingerprint density at radius 2 is 1.95 bits per heavy atom. The average molecular weight is 360 g/mol. The molecule has 19 heavy (non-hydrogen) atoms. The van der Waals surface area contributed by atoms with Gasteiger partial charge in [0.2, 0.25) is 0 Å². The summed E-state index contributed by atoms with van der Waals surface area (Å²) in [4.78, 5) is 0. The summed E-state index contributed by atoms with van der Waals surface area (Å²) in [6.45, 7) is 1.59. The van der Waals surface area contributed by atoms with Crippen molar-refractivity contribution in [3.8, 4) is 0 Å². The highest BCUT2D eigenvalue weighted by Gasteiger charge is 2.30. The molecule has 0 saturated heterocycles. The Kier molecular flexibility index (Phi) is 5.26. The van der Waals surface area contributed by atoms with Gasteiger partial charge in [-0.3, -0.25) is 0 Å². The third kappa shape index (κ3) is 5.02. The van der Waals surface area contributed by atoms with Crippen LogP contribution in [0, 0.1) is 0 Å². The van der Waals surface area contributed by atoms with E-state index in [4.69, 9.17) is 0 Å². The molecule has 8 heteroatoms. The zero-order chi connectivity index (χ0) is 14.7. The van der Waals surface area contributed by atoms with Crippen molar-refractivity contribution in [2.24, 2.45) is 0 Å². The highest BCUT2D eigenvalue weighted by molar-refractivity contribution is 9.10. The standard InChI is InChI=1S/C11H13BrF3NO2S/c1-2-19(17,18)6-5-16-10-7-8(11(13,14)15)3-4-9(10)12/h3-4,7,16H,2,5-6H2,1H3. The van der Waals surface area contributed by atoms with Crippen LogP contribution < -0.4 is 5.32 Å². The number of halogens is 4. The van der Waals surface area contributed by atoms with Gasteiger partial charge >= 0.3 is 6.18 Å². The number of alkyl halides is 3. The Hall–Kier alpha value is -0.760. The third-order valence-corrected chi connectivity index (χ3v) is 4.86. The molecule has 108 valence electrons. The van der Waals surface area contributed by atoms with Crippen LogP contribution in [0.25, 0.3) is 0 Å². The van der Waals surface area contributed by atoms with Crippen molar-refractivity contribution in [2.75, 3.05) is 23.4 Å². The summed E-state index contributed by atoms with van der Waals surface area (Å²) in [5, 5.41) is 2.69. The summed E-state index contributed by atoms with van der Waals surface area (Å²) in [7, 11) is -3.14. The highest BCUT2D eigenvalue weighted by Crippen LogP contribution is 2.33. The fraction of sp³-hybridized carbons (Fsp3) is 0.455. The lowest BCUT2D eigenvalue weighted by molar-refractivity contribution is -0.137. The first-order valence-corrected chi connectivity index (χ1v) is 8.08. The van der Waals surface area contributed by atoms with Crippen molar-refractivity contribution >= 4 is 31.5 Å². The first-order valence-electron chi connectivity index (χ1n) is 5.47. The van der Waals surface area contributed by atoms with Gasteiger partial charge in [0.1, 0.15) is 0 Å². The molecule has 1 N–H and O–H groups in total. The van der Waals surface area contributed by atoms with Crippen molar-refractivity contribution in [1.82, 2.24) is 0 Å². The lowest BCUT2D eigenvalue weighted by atomic mass is 10.2. The van der Waals surface area contributed by atoms with E-state index in [1.54, 1.807) is 0 Å². The molecular weight excluding hydrogens is 347 g/mol. The number of nitrogens with one attached hydrogen (secondary N) is 1. The fourth-order valence-electron chi connectivity index (χ4n) is 1.32. The van der Waals surface area contributed by atoms with E-state index in [2.05, 4.69) is 21.2 Å². The van der Waals surface area contributed by atoms with Gasteiger partial charge in [-0.1, -0.05) is 6.92 Å². The van der Waals surface area contributed by atoms with E-state index >= 15 is 0 Å². The number of benzene rings is 1. The highest BCUT2D eigenvalue weighted by atomic mass is 79.9. The molecule has 1 aromatic carbocycles. The van der Waals surface area contributed by atoms with Crippen molar-refractivity contribution < 1.29 is 21.6 Å². The summed E-state index contributed by atoms with van der Waals surface area (Å²) in [6.07, 6.45) is -4.42. The van der Waals surface area contributed by atoms with Crippen LogP contribution in [0.1, 0.15) is 12.5 Å². The molecule has 0 atom stereocenters. The summed E-state index contributed by atoms with van der Waals surface area (Å²) in [6, 6.07) is 3.18. The third-order valence-electron chi connectivity index (χ3n) is 2.46. The largest absolute Gasteiger partial charge is 0.416 e. The number of anilines is 1. The van der Waals surface area contributed by atoms with Crippen LogP contribution in [-0.2, 0) is 16.0 Å². The summed E-state index contributed by atoms with van der Waals surface area (Å²) < 4.78 is 60.6. The van der Waals surface area contributed by atoms with Gasteiger partial charge in [-0.15, -0.1) is 0 Å². The van der Waals surface area contributed by atoms with Crippen LogP contribution >= 0.6 is 15.9 Å². The van der Waals surface area contributed by atoms with Crippen LogP contribution in [-0.4, -0.2) is 26.5 Å². The number of hydrogen-bond acceptors (Lipinski definition) is 3. The summed E-state index contributed by atoms with van der Waals surface area (Å²) in [5.74, 6) is -0.107. The van der Waals surface area contributed by atoms with Gasteiger partial charge in [-0.25, -0.2) is 8.42 Å². The number of sulfone groups is 1. The molecule has 0 aromatic heterocycles. The van der Waals surface area contributed by atoms with Crippen molar-refractivity contribution in [2.45, 2.75) is 13.1 Å². The first kappa shape index (κ1) is 16.3. The maximum Gasteiger partial charge on any atom is 0.416 e. The molecule has 1 aromatic rings. The van der Waals surface area contributed by atoms with Crippen molar-refractivity contribution in [3.63, 3.8) is 0 Å². The molecule has 0 heterocycles. The molecule has 0 radical (unpaired) electrons. The fourth-order valence-corrected chi connectivity index (χ4v) is 2.41. The predicted octanol–water partition coefficient (Wildman–Crippen LogP) is 3.31. The molecule has 1 rings (SSSR count). The van der Waals surface area contributed by atoms with E-state index in [0.29, 0.717) is 4.47 Å². The second-order valence-electron chi connectivity index (χ2n) is 3.86. The Balaban J connectivity index is 2.79. The van der Waals surface area contributed by atoms with Crippen LogP contribution in [0.3, 0.4) is 0 Å². The van der Waals surface area contributed by atoms with Gasteiger partial charge in [0.05, 0.1) is 11.3 Å². The zero-order valence-corrected chi connectivity index (χ0v) is 12.5. The smallest absolute Gasteiger partial charge is 0.383 e. The molecule has 0 amide bonds. The minimum Gasteiger partial charge on any atom is -0.383 e. The van der Waals surface area contributed by atoms with Gasteiger partial charge in [0, 0.05) is 22.5 Å². The molecule has 0 aliphatic heterocycles. The van der Waals surface area contributed by atoms with Crippen LogP contribution in [0.4, 0.5) is 18.9 Å². The second kappa shape index (κ2) is 6.13. The van der Waals surface area contributed by atoms with Gasteiger partial charge < -0.3 is 5.32 Å². The van der Waals surface area contributed by atoms with Gasteiger partial charge in [0.15, 0.2) is 9.84 Å². The minimum absolute atomic E-state index is 0.0123. The SMILES string of the molecule is CCS(=O)(=O)CCNc1cc(C(F)(F)F)ccc1Br. The van der Waals surface area contributed by atoms with Crippen molar-refractivity contribution in [3.05, 3.63) is 28.2 Å². The van der Waals surface area contributed by atoms with Crippen LogP contribution in [0.5, 0.6) is 0 Å². The van der Waals surface area contributed by atoms with Gasteiger partial charge in [-0.2, -0.15) is 13.2 Å². The molecule has 0 saturated carbocycles. The Labute approximate surface area is 118 Å². The Bertz CT molecular complexity index is 543. The zero-order valence-electron chi connectivity index (χ0n) is 10.1. The second-order valence-corrected chi connectivity index (χ2v) is 7.18. The summed E-state index contributed by atoms with van der Waals surface area (Å²) >= 11 is 3.12. The predicted molar refractivity (Wildman–Crippen MR) is 72.0 cm³/mol. The molecule has 3 nitrogen and oxygen atoms in total. The average Bonchev–Trinajstić information content (AvgIpc) is 2.30. The van der Waals surface area contributed by atoms with E-state index in [0.717, 1.165) is 12.1 Å². The van der Waals surface area contributed by atoms with Crippen LogP contribution in [0.2, 0.25) is 0 Å². The molecule has 0 aliphatic carbocycles. The van der Waals surface area contributed by atoms with E-state index in [1.807, 2.05) is 0 Å². The molecule has 0 fully saturated rings. The Morgan fingerprint density at radius 1 is 1.32 bits per heavy atom. The topological polar surface area (TPSA) is 46.2 Å². The lowest BCUT2D eigenvalue weighted by Gasteiger charge is -2.12. The lowest BCUT2D eigenvalue weighted by Crippen LogP contribution is -2.17. The van der Waals surface area contributed by atoms with Gasteiger partial charge in [0.25, 0.3) is 0 Å². The monoisotopic (exact) mass is 359 g/mol. The number of rotatable bonds is 5. The minimum atomic E-state index is -4.42. The Morgan fingerprint density at radius 3 is 2.47 bits per heavy atom. The molecule has 0 bridgehead atoms. The maximum atomic E-state index is 12.5. The number of hydrogen-bond donors (Lipinski definition) is 1. The normalized spacial score (nSPS) is 12.5. The molecule has 0 unspecified atom stereocenters. The van der Waals surface area contributed by atoms with E-state index in [1.165, 1.54) is 13.0 Å². The first-order chi connectivity index (χ1) is 8.65. The van der Waals surface area contributed by atoms with Crippen molar-refractivity contribution in [1.29, 1.82) is 0 Å². The van der Waals surface area contributed by atoms with Gasteiger partial charge in [-0.05, 0) is 34.1 Å². The molecule has 0 aliphatic rings. The maximum absolute atomic E-state index is 12.5.